The Morgan fingerprint density at radius 2 is 1.42 bits per heavy atom. The number of rotatable bonds is 9. The highest BCUT2D eigenvalue weighted by molar-refractivity contribution is 5.93. The summed E-state index contributed by atoms with van der Waals surface area (Å²) in [6, 6.07) is 9.10. The smallest absolute Gasteiger partial charge is 0.370 e. The van der Waals surface area contributed by atoms with Crippen molar-refractivity contribution in [2.75, 3.05) is 18.0 Å². The maximum absolute atomic E-state index is 13.4. The van der Waals surface area contributed by atoms with Gasteiger partial charge in [-0.3, -0.25) is 4.98 Å². The van der Waals surface area contributed by atoms with E-state index < -0.39 is 30.0 Å². The van der Waals surface area contributed by atoms with E-state index in [2.05, 4.69) is 9.88 Å². The first-order valence-electron chi connectivity index (χ1n) is 12.6. The molecular formula is C28H26F6N4. The first-order chi connectivity index (χ1) is 18.0. The topological polar surface area (TPSA) is 43.2 Å². The molecule has 0 aliphatic heterocycles. The van der Waals surface area contributed by atoms with Gasteiger partial charge < -0.3 is 9.80 Å². The summed E-state index contributed by atoms with van der Waals surface area (Å²) in [6.45, 7) is 1.34. The molecule has 0 atom stereocenters. The molecule has 5 rings (SSSR count). The second kappa shape index (κ2) is 10.0. The molecule has 0 saturated heterocycles. The number of para-hydroxylation sites is 1. The molecule has 4 nitrogen and oxygen atoms in total. The maximum Gasteiger partial charge on any atom is 0.416 e. The second-order valence-corrected chi connectivity index (χ2v) is 10.3. The minimum Gasteiger partial charge on any atom is -0.370 e. The zero-order valence-electron chi connectivity index (χ0n) is 20.5. The molecule has 200 valence electrons. The molecule has 0 amide bonds. The number of aromatic nitrogens is 1. The Kier molecular flexibility index (Phi) is 6.88. The van der Waals surface area contributed by atoms with E-state index in [9.17, 15) is 31.6 Å². The van der Waals surface area contributed by atoms with E-state index in [-0.39, 0.29) is 18.2 Å². The number of alkyl halides is 6. The van der Waals surface area contributed by atoms with Gasteiger partial charge in [0.2, 0.25) is 0 Å². The number of anilines is 1. The fourth-order valence-corrected chi connectivity index (χ4v) is 4.80. The van der Waals surface area contributed by atoms with Gasteiger partial charge in [0.15, 0.2) is 6.19 Å². The van der Waals surface area contributed by atoms with E-state index in [0.717, 1.165) is 60.9 Å². The Labute approximate surface area is 216 Å². The van der Waals surface area contributed by atoms with E-state index >= 15 is 0 Å². The summed E-state index contributed by atoms with van der Waals surface area (Å²) in [6.07, 6.45) is -1.65. The van der Waals surface area contributed by atoms with Crippen molar-refractivity contribution in [3.05, 3.63) is 70.9 Å². The Morgan fingerprint density at radius 1 is 0.842 bits per heavy atom. The first-order valence-corrected chi connectivity index (χ1v) is 12.6. The molecule has 2 aromatic carbocycles. The van der Waals surface area contributed by atoms with Crippen LogP contribution in [-0.4, -0.2) is 23.0 Å². The lowest BCUT2D eigenvalue weighted by atomic mass is 10.0. The van der Waals surface area contributed by atoms with Gasteiger partial charge in [-0.05, 0) is 67.3 Å². The van der Waals surface area contributed by atoms with Crippen LogP contribution in [0, 0.1) is 23.3 Å². The monoisotopic (exact) mass is 532 g/mol. The number of fused-ring (bicyclic) bond motifs is 1. The Hall–Kier alpha value is -3.48. The van der Waals surface area contributed by atoms with Gasteiger partial charge in [0, 0.05) is 30.2 Å². The SMILES string of the molecule is N#CN(Cc1cc(C(F)(F)F)cc(C(F)(F)F)c1)Cc1cnc2ccccc2c1N(CC1CC1)CC1CC1. The minimum atomic E-state index is -4.95. The van der Waals surface area contributed by atoms with Crippen LogP contribution >= 0.6 is 0 Å². The highest BCUT2D eigenvalue weighted by Gasteiger charge is 2.37. The third kappa shape index (κ3) is 6.14. The largest absolute Gasteiger partial charge is 0.416 e. The predicted octanol–water partition coefficient (Wildman–Crippen LogP) is 7.38. The number of benzene rings is 2. The summed E-state index contributed by atoms with van der Waals surface area (Å²) in [7, 11) is 0. The van der Waals surface area contributed by atoms with Crippen molar-refractivity contribution in [3.8, 4) is 6.19 Å². The normalized spacial score (nSPS) is 15.9. The van der Waals surface area contributed by atoms with Crippen LogP contribution in [0.15, 0.2) is 48.7 Å². The highest BCUT2D eigenvalue weighted by atomic mass is 19.4. The number of pyridine rings is 1. The Morgan fingerprint density at radius 3 is 1.95 bits per heavy atom. The van der Waals surface area contributed by atoms with Gasteiger partial charge in [-0.2, -0.15) is 31.6 Å². The molecule has 0 N–H and O–H groups in total. The molecule has 38 heavy (non-hydrogen) atoms. The third-order valence-corrected chi connectivity index (χ3v) is 7.01. The van der Waals surface area contributed by atoms with Crippen molar-refractivity contribution in [3.63, 3.8) is 0 Å². The molecule has 2 saturated carbocycles. The van der Waals surface area contributed by atoms with Crippen LogP contribution in [-0.2, 0) is 25.4 Å². The molecule has 1 aromatic heterocycles. The number of halogens is 6. The lowest BCUT2D eigenvalue weighted by Crippen LogP contribution is -2.30. The molecule has 0 spiro atoms. The fourth-order valence-electron chi connectivity index (χ4n) is 4.80. The summed E-state index contributed by atoms with van der Waals surface area (Å²) in [5.74, 6) is 1.18. The summed E-state index contributed by atoms with van der Waals surface area (Å²) in [5, 5.41) is 10.8. The maximum atomic E-state index is 13.4. The van der Waals surface area contributed by atoms with E-state index in [1.807, 2.05) is 30.5 Å². The Balaban J connectivity index is 1.49. The number of nitriles is 1. The van der Waals surface area contributed by atoms with E-state index in [4.69, 9.17) is 0 Å². The van der Waals surface area contributed by atoms with Gasteiger partial charge in [0.05, 0.1) is 35.4 Å². The summed E-state index contributed by atoms with van der Waals surface area (Å²) in [4.78, 5) is 8.06. The molecule has 2 aliphatic carbocycles. The van der Waals surface area contributed by atoms with Crippen LogP contribution in [0.1, 0.15) is 47.9 Å². The molecule has 10 heteroatoms. The predicted molar refractivity (Wildman–Crippen MR) is 131 cm³/mol. The number of nitrogens with zero attached hydrogens (tertiary/aromatic N) is 4. The van der Waals surface area contributed by atoms with Crippen LogP contribution in [0.3, 0.4) is 0 Å². The first kappa shape index (κ1) is 26.1. The molecule has 0 unspecified atom stereocenters. The number of hydrogen-bond acceptors (Lipinski definition) is 4. The lowest BCUT2D eigenvalue weighted by molar-refractivity contribution is -0.143. The second-order valence-electron chi connectivity index (χ2n) is 10.3. The van der Waals surface area contributed by atoms with Crippen molar-refractivity contribution in [1.29, 1.82) is 5.26 Å². The third-order valence-electron chi connectivity index (χ3n) is 7.01. The van der Waals surface area contributed by atoms with Crippen molar-refractivity contribution < 1.29 is 26.3 Å². The average Bonchev–Trinajstić information content (AvgIpc) is 3.79. The van der Waals surface area contributed by atoms with Gasteiger partial charge in [-0.1, -0.05) is 18.2 Å². The van der Waals surface area contributed by atoms with Gasteiger partial charge >= 0.3 is 12.4 Å². The molecule has 0 bridgehead atoms. The summed E-state index contributed by atoms with van der Waals surface area (Å²) < 4.78 is 80.1. The van der Waals surface area contributed by atoms with Crippen LogP contribution < -0.4 is 4.90 Å². The standard InChI is InChI=1S/C28H26F6N4/c29-27(30,31)22-9-20(10-23(11-22)28(32,33)34)13-37(17-35)16-21-12-36-25-4-2-1-3-24(25)26(21)38(14-18-5-6-18)15-19-7-8-19/h1-4,9-12,18-19H,5-8,13-16H2. The van der Waals surface area contributed by atoms with E-state index in [0.29, 0.717) is 24.0 Å². The van der Waals surface area contributed by atoms with Gasteiger partial charge in [0.1, 0.15) is 0 Å². The molecule has 0 radical (unpaired) electrons. The van der Waals surface area contributed by atoms with Gasteiger partial charge in [-0.15, -0.1) is 0 Å². The van der Waals surface area contributed by atoms with Crippen LogP contribution in [0.5, 0.6) is 0 Å². The molecule has 3 aromatic rings. The van der Waals surface area contributed by atoms with E-state index in [1.54, 1.807) is 6.20 Å². The molecule has 2 aliphatic rings. The molecule has 1 heterocycles. The van der Waals surface area contributed by atoms with Crippen molar-refractivity contribution in [2.24, 2.45) is 11.8 Å². The quantitative estimate of drug-likeness (QED) is 0.164. The van der Waals surface area contributed by atoms with Crippen LogP contribution in [0.2, 0.25) is 0 Å². The molecular weight excluding hydrogens is 506 g/mol. The van der Waals surface area contributed by atoms with Crippen molar-refractivity contribution in [2.45, 2.75) is 51.1 Å². The number of hydrogen-bond donors (Lipinski definition) is 0. The Bertz CT molecular complexity index is 1310. The lowest BCUT2D eigenvalue weighted by Gasteiger charge is -2.30. The minimum absolute atomic E-state index is 0.00704. The zero-order chi connectivity index (χ0) is 27.1. The van der Waals surface area contributed by atoms with Crippen LogP contribution in [0.25, 0.3) is 10.9 Å². The van der Waals surface area contributed by atoms with Gasteiger partial charge in [-0.25, -0.2) is 0 Å². The summed E-state index contributed by atoms with van der Waals surface area (Å²) >= 11 is 0. The van der Waals surface area contributed by atoms with Crippen molar-refractivity contribution in [1.82, 2.24) is 9.88 Å². The average molecular weight is 533 g/mol. The molecule has 2 fully saturated rings. The van der Waals surface area contributed by atoms with Crippen LogP contribution in [0.4, 0.5) is 32.0 Å². The van der Waals surface area contributed by atoms with Crippen molar-refractivity contribution >= 4 is 16.6 Å². The van der Waals surface area contributed by atoms with E-state index in [1.165, 1.54) is 4.90 Å². The van der Waals surface area contributed by atoms with Gasteiger partial charge in [0.25, 0.3) is 0 Å². The summed E-state index contributed by atoms with van der Waals surface area (Å²) in [5.41, 5.74) is -0.582. The fraction of sp³-hybridized carbons (Fsp3) is 0.429. The zero-order valence-corrected chi connectivity index (χ0v) is 20.5. The highest BCUT2D eigenvalue weighted by Crippen LogP contribution is 2.40.